The zero-order valence-corrected chi connectivity index (χ0v) is 26.0. The van der Waals surface area contributed by atoms with Gasteiger partial charge in [-0.3, -0.25) is 0 Å². The molecule has 0 amide bonds. The number of hydrogen-bond donors (Lipinski definition) is 0. The zero-order chi connectivity index (χ0) is 20.7. The normalized spacial score (nSPS) is 27.7. The van der Waals surface area contributed by atoms with Crippen molar-refractivity contribution in [1.29, 1.82) is 0 Å². The summed E-state index contributed by atoms with van der Waals surface area (Å²) >= 11 is 0. The van der Waals surface area contributed by atoms with Gasteiger partial charge in [-0.1, -0.05) is 58.9 Å². The molecule has 0 atom stereocenters. The molecule has 6 heteroatoms. The maximum absolute atomic E-state index is 2.61. The van der Waals surface area contributed by atoms with Crippen molar-refractivity contribution in [3.63, 3.8) is 0 Å². The molecule has 1 aliphatic heterocycles. The van der Waals surface area contributed by atoms with Crippen LogP contribution in [-0.4, -0.2) is 78.5 Å². The Morgan fingerprint density at radius 3 is 0.741 bits per heavy atom. The molecule has 0 N–H and O–H groups in total. The maximum atomic E-state index is 2.61. The lowest BCUT2D eigenvalue weighted by Crippen LogP contribution is -2.28. The molecule has 0 bridgehead atoms. The van der Waals surface area contributed by atoms with Crippen molar-refractivity contribution in [1.82, 2.24) is 0 Å². The third kappa shape index (κ3) is 15.4. The van der Waals surface area contributed by atoms with Gasteiger partial charge in [0.1, 0.15) is 0 Å². The first-order valence-corrected chi connectivity index (χ1v) is 28.2. The molecular weight excluding hydrogens is 429 g/mol. The van der Waals surface area contributed by atoms with E-state index in [2.05, 4.69) is 58.9 Å². The first-order valence-electron chi connectivity index (χ1n) is 11.4. The third-order valence-corrected chi connectivity index (χ3v) is 27.4. The van der Waals surface area contributed by atoms with Gasteiger partial charge >= 0.3 is 0 Å². The molecule has 27 heavy (non-hydrogen) atoms. The van der Waals surface area contributed by atoms with E-state index in [1.165, 1.54) is 0 Å². The Hall–Kier alpha value is 1.94. The Kier molecular flexibility index (Phi) is 12.1. The highest BCUT2D eigenvalue weighted by atomic mass is 31.1. The van der Waals surface area contributed by atoms with Crippen LogP contribution in [0, 0.1) is 0 Å². The molecule has 1 fully saturated rings. The highest BCUT2D eigenvalue weighted by Gasteiger charge is 2.25. The van der Waals surface area contributed by atoms with E-state index in [4.69, 9.17) is 0 Å². The van der Waals surface area contributed by atoms with Gasteiger partial charge in [0.15, 0.2) is 0 Å². The van der Waals surface area contributed by atoms with E-state index in [9.17, 15) is 0 Å². The highest BCUT2D eigenvalue weighted by Crippen LogP contribution is 2.48. The molecule has 0 nitrogen and oxygen atoms in total. The summed E-state index contributed by atoms with van der Waals surface area (Å²) < 4.78 is 0. The Bertz CT molecular complexity index is 337. The van der Waals surface area contributed by atoms with Gasteiger partial charge in [0, 0.05) is 24.2 Å². The van der Waals surface area contributed by atoms with E-state index in [1.807, 2.05) is 0 Å². The van der Waals surface area contributed by atoms with E-state index < -0.39 is 24.2 Å². The maximum Gasteiger partial charge on any atom is 0.0485 e. The predicted octanol–water partition coefficient (Wildman–Crippen LogP) is 8.25. The van der Waals surface area contributed by atoms with Gasteiger partial charge in [0.05, 0.1) is 0 Å². The van der Waals surface area contributed by atoms with Crippen molar-refractivity contribution in [2.45, 2.75) is 78.2 Å². The Morgan fingerprint density at radius 2 is 0.593 bits per heavy atom. The van der Waals surface area contributed by atoms with Crippen molar-refractivity contribution >= 4 is 48.0 Å². The molecule has 0 aromatic carbocycles. The fourth-order valence-electron chi connectivity index (χ4n) is 4.38. The van der Waals surface area contributed by atoms with Gasteiger partial charge in [-0.15, -0.1) is 23.8 Å². The second kappa shape index (κ2) is 12.1. The van der Waals surface area contributed by atoms with Gasteiger partial charge in [-0.25, -0.2) is 0 Å². The minimum absolute atomic E-state index is 0.348. The van der Waals surface area contributed by atoms with Gasteiger partial charge in [-0.05, 0) is 73.6 Å². The quantitative estimate of drug-likeness (QED) is 0.265. The summed E-state index contributed by atoms with van der Waals surface area (Å²) in [5.41, 5.74) is 0. The van der Waals surface area contributed by atoms with E-state index >= 15 is 0 Å². The predicted molar refractivity (Wildman–Crippen MR) is 148 cm³/mol. The summed E-state index contributed by atoms with van der Waals surface area (Å²) in [5.74, 6) is 4.96. The van der Waals surface area contributed by atoms with Crippen LogP contribution in [0.4, 0.5) is 0 Å². The Morgan fingerprint density at radius 1 is 0.407 bits per heavy atom. The standard InChI is InChI=1S/C21H51P3Si3/c1-25(2,3)19-22-13-10-15-23(20-26(4,5)6)17-12-18-24(16-11-14-22)21-27(7,8)9/h10-21H2,1-9H3. The van der Waals surface area contributed by atoms with E-state index in [1.54, 1.807) is 73.6 Å². The van der Waals surface area contributed by atoms with Crippen LogP contribution in [0.5, 0.6) is 0 Å². The van der Waals surface area contributed by atoms with Gasteiger partial charge in [-0.2, -0.15) is 0 Å². The monoisotopic (exact) mass is 480 g/mol. The molecule has 0 aromatic rings. The third-order valence-electron chi connectivity index (χ3n) is 4.94. The van der Waals surface area contributed by atoms with E-state index in [0.717, 1.165) is 0 Å². The molecule has 162 valence electrons. The van der Waals surface area contributed by atoms with Crippen LogP contribution in [0.25, 0.3) is 0 Å². The summed E-state index contributed by atoms with van der Waals surface area (Å²) in [6.07, 6.45) is 14.5. The first kappa shape index (κ1) is 27.0. The minimum atomic E-state index is -0.892. The van der Waals surface area contributed by atoms with Crippen molar-refractivity contribution in [2.75, 3.05) is 54.3 Å². The highest BCUT2D eigenvalue weighted by molar-refractivity contribution is 7.62. The zero-order valence-electron chi connectivity index (χ0n) is 20.3. The molecule has 0 aromatic heterocycles. The minimum Gasteiger partial charge on any atom is -0.109 e. The van der Waals surface area contributed by atoms with Crippen LogP contribution in [0.15, 0.2) is 0 Å². The first-order chi connectivity index (χ1) is 12.2. The summed E-state index contributed by atoms with van der Waals surface area (Å²) in [7, 11) is -1.63. The average molecular weight is 481 g/mol. The lowest BCUT2D eigenvalue weighted by atomic mass is 10.5. The van der Waals surface area contributed by atoms with Crippen LogP contribution in [0.2, 0.25) is 58.9 Å². The fourth-order valence-corrected chi connectivity index (χ4v) is 29.3. The average Bonchev–Trinajstić information content (AvgIpc) is 2.40. The van der Waals surface area contributed by atoms with Crippen LogP contribution < -0.4 is 0 Å². The lowest BCUT2D eigenvalue weighted by Gasteiger charge is -2.31. The number of hydrogen-bond acceptors (Lipinski definition) is 0. The Labute approximate surface area is 180 Å². The molecule has 0 unspecified atom stereocenters. The molecule has 1 saturated heterocycles. The lowest BCUT2D eigenvalue weighted by molar-refractivity contribution is 1.02. The van der Waals surface area contributed by atoms with Gasteiger partial charge < -0.3 is 0 Å². The van der Waals surface area contributed by atoms with Gasteiger partial charge in [0.25, 0.3) is 0 Å². The molecule has 1 heterocycles. The molecule has 1 rings (SSSR count). The molecular formula is C21H51P3Si3. The molecule has 0 aliphatic carbocycles. The summed E-state index contributed by atoms with van der Waals surface area (Å²) in [6.45, 7) is 23.5. The van der Waals surface area contributed by atoms with Crippen LogP contribution in [-0.2, 0) is 0 Å². The molecule has 0 spiro atoms. The van der Waals surface area contributed by atoms with Crippen molar-refractivity contribution in [3.8, 4) is 0 Å². The summed E-state index contributed by atoms with van der Waals surface area (Å²) in [4.78, 5) is 0. The van der Waals surface area contributed by atoms with Crippen LogP contribution in [0.3, 0.4) is 0 Å². The van der Waals surface area contributed by atoms with Crippen molar-refractivity contribution in [2.24, 2.45) is 0 Å². The van der Waals surface area contributed by atoms with Crippen LogP contribution >= 0.6 is 23.8 Å². The fraction of sp³-hybridized carbons (Fsp3) is 1.00. The van der Waals surface area contributed by atoms with Crippen molar-refractivity contribution < 1.29 is 0 Å². The van der Waals surface area contributed by atoms with Crippen molar-refractivity contribution in [3.05, 3.63) is 0 Å². The van der Waals surface area contributed by atoms with E-state index in [-0.39, 0.29) is 0 Å². The molecule has 1 aliphatic rings. The van der Waals surface area contributed by atoms with Gasteiger partial charge in [0.2, 0.25) is 0 Å². The van der Waals surface area contributed by atoms with E-state index in [0.29, 0.717) is 23.8 Å². The molecule has 0 radical (unpaired) electrons. The topological polar surface area (TPSA) is 0 Å². The molecule has 0 saturated carbocycles. The Balaban J connectivity index is 2.77. The largest absolute Gasteiger partial charge is 0.109 e. The second-order valence-corrected chi connectivity index (χ2v) is 38.4. The van der Waals surface area contributed by atoms with Crippen LogP contribution in [0.1, 0.15) is 19.3 Å². The smallest absolute Gasteiger partial charge is 0.0485 e. The summed E-state index contributed by atoms with van der Waals surface area (Å²) in [6, 6.07) is 0. The second-order valence-electron chi connectivity index (χ2n) is 12.6. The summed E-state index contributed by atoms with van der Waals surface area (Å²) in [5, 5.41) is 0. The number of rotatable bonds is 6. The SMILES string of the molecule is C[Si](C)(C)CP1CCCP(C[Si](C)(C)C)CCCP(C[Si](C)(C)C)CCC1.